The van der Waals surface area contributed by atoms with Gasteiger partial charge in [0.05, 0.1) is 19.8 Å². The predicted molar refractivity (Wildman–Crippen MR) is 108 cm³/mol. The standard InChI is InChI=1S/C21H26N4O3/c1-24-11-13-25(14-12-24)15-20(26)22-17-9-7-16(8-10-17)21(27)23-18-5-3-4-6-19(18)28-2/h3-10H,11-15H2,1-2H3,(H,22,26)(H,23,27)/p+2. The maximum Gasteiger partial charge on any atom is 0.279 e. The highest BCUT2D eigenvalue weighted by Gasteiger charge is 2.22. The van der Waals surface area contributed by atoms with E-state index in [1.165, 1.54) is 9.80 Å². The van der Waals surface area contributed by atoms with Gasteiger partial charge in [-0.3, -0.25) is 9.59 Å². The van der Waals surface area contributed by atoms with Crippen LogP contribution in [0.1, 0.15) is 10.4 Å². The summed E-state index contributed by atoms with van der Waals surface area (Å²) in [6.45, 7) is 4.70. The van der Waals surface area contributed by atoms with Crippen LogP contribution in [0.5, 0.6) is 5.75 Å². The molecule has 2 amide bonds. The fourth-order valence-corrected chi connectivity index (χ4v) is 3.29. The van der Waals surface area contributed by atoms with Crippen LogP contribution < -0.4 is 25.2 Å². The van der Waals surface area contributed by atoms with Gasteiger partial charge in [-0.15, -0.1) is 0 Å². The SMILES string of the molecule is COc1ccccc1NC(=O)c1ccc(NC(=O)C[NH+]2CC[NH+](C)CC2)cc1. The molecule has 4 N–H and O–H groups in total. The lowest BCUT2D eigenvalue weighted by Gasteiger charge is -2.26. The molecule has 1 fully saturated rings. The Morgan fingerprint density at radius 2 is 1.64 bits per heavy atom. The average molecular weight is 384 g/mol. The first kappa shape index (κ1) is 19.9. The minimum absolute atomic E-state index is 0.000719. The molecule has 1 aliphatic rings. The van der Waals surface area contributed by atoms with Gasteiger partial charge in [0.1, 0.15) is 31.9 Å². The Hall–Kier alpha value is -2.90. The van der Waals surface area contributed by atoms with Crippen LogP contribution in [0, 0.1) is 0 Å². The highest BCUT2D eigenvalue weighted by molar-refractivity contribution is 6.05. The molecule has 148 valence electrons. The lowest BCUT2D eigenvalue weighted by atomic mass is 10.2. The monoisotopic (exact) mass is 384 g/mol. The lowest BCUT2D eigenvalue weighted by Crippen LogP contribution is -3.27. The van der Waals surface area contributed by atoms with E-state index in [0.29, 0.717) is 29.2 Å². The van der Waals surface area contributed by atoms with Crippen molar-refractivity contribution in [3.05, 3.63) is 54.1 Å². The molecule has 0 aromatic heterocycles. The van der Waals surface area contributed by atoms with Crippen LogP contribution in [0.15, 0.2) is 48.5 Å². The maximum absolute atomic E-state index is 12.4. The molecule has 0 spiro atoms. The summed E-state index contributed by atoms with van der Waals surface area (Å²) in [7, 11) is 3.75. The molecular formula is C21H28N4O3+2. The predicted octanol–water partition coefficient (Wildman–Crippen LogP) is -0.701. The third kappa shape index (κ3) is 5.31. The number of amides is 2. The number of piperazine rings is 1. The minimum atomic E-state index is -0.230. The molecule has 1 heterocycles. The van der Waals surface area contributed by atoms with Gasteiger partial charge in [0.15, 0.2) is 6.54 Å². The van der Waals surface area contributed by atoms with Crippen LogP contribution in [0.3, 0.4) is 0 Å². The van der Waals surface area contributed by atoms with Crippen molar-refractivity contribution in [2.24, 2.45) is 0 Å². The number of rotatable bonds is 6. The number of hydrogen-bond acceptors (Lipinski definition) is 3. The third-order valence-electron chi connectivity index (χ3n) is 5.01. The molecule has 7 nitrogen and oxygen atoms in total. The van der Waals surface area contributed by atoms with Crippen LogP contribution in [0.25, 0.3) is 0 Å². The first-order valence-electron chi connectivity index (χ1n) is 9.54. The first-order valence-corrected chi connectivity index (χ1v) is 9.54. The van der Waals surface area contributed by atoms with Crippen molar-refractivity contribution in [3.8, 4) is 5.75 Å². The molecular weight excluding hydrogens is 356 g/mol. The summed E-state index contributed by atoms with van der Waals surface area (Å²) >= 11 is 0. The summed E-state index contributed by atoms with van der Waals surface area (Å²) in [5.74, 6) is 0.375. The van der Waals surface area contributed by atoms with E-state index >= 15 is 0 Å². The lowest BCUT2D eigenvalue weighted by molar-refractivity contribution is -0.999. The summed E-state index contributed by atoms with van der Waals surface area (Å²) in [5, 5.41) is 5.76. The van der Waals surface area contributed by atoms with Crippen molar-refractivity contribution in [1.82, 2.24) is 0 Å². The van der Waals surface area contributed by atoms with Crippen molar-refractivity contribution in [3.63, 3.8) is 0 Å². The largest absolute Gasteiger partial charge is 0.495 e. The van der Waals surface area contributed by atoms with E-state index in [2.05, 4.69) is 17.7 Å². The van der Waals surface area contributed by atoms with Crippen LogP contribution in [0.4, 0.5) is 11.4 Å². The fraction of sp³-hybridized carbons (Fsp3) is 0.333. The third-order valence-corrected chi connectivity index (χ3v) is 5.01. The first-order chi connectivity index (χ1) is 13.5. The molecule has 7 heteroatoms. The zero-order valence-corrected chi connectivity index (χ0v) is 16.4. The Morgan fingerprint density at radius 3 is 2.32 bits per heavy atom. The van der Waals surface area contributed by atoms with Gasteiger partial charge >= 0.3 is 0 Å². The van der Waals surface area contributed by atoms with E-state index in [9.17, 15) is 9.59 Å². The summed E-state index contributed by atoms with van der Waals surface area (Å²) in [6, 6.07) is 14.2. The molecule has 0 aliphatic carbocycles. The molecule has 1 aliphatic heterocycles. The van der Waals surface area contributed by atoms with Crippen LogP contribution in [-0.4, -0.2) is 58.7 Å². The molecule has 2 aromatic rings. The second-order valence-electron chi connectivity index (χ2n) is 7.16. The summed E-state index contributed by atoms with van der Waals surface area (Å²) in [6.07, 6.45) is 0. The number of likely N-dealkylation sites (N-methyl/N-ethyl adjacent to an activating group) is 1. The molecule has 0 unspecified atom stereocenters. The minimum Gasteiger partial charge on any atom is -0.495 e. The number of para-hydroxylation sites is 2. The van der Waals surface area contributed by atoms with E-state index in [1.807, 2.05) is 12.1 Å². The number of hydrogen-bond donors (Lipinski definition) is 4. The topological polar surface area (TPSA) is 76.3 Å². The van der Waals surface area contributed by atoms with E-state index in [4.69, 9.17) is 4.74 Å². The van der Waals surface area contributed by atoms with Crippen LogP contribution in [0.2, 0.25) is 0 Å². The van der Waals surface area contributed by atoms with Gasteiger partial charge in [0.2, 0.25) is 0 Å². The normalized spacial score (nSPS) is 18.9. The van der Waals surface area contributed by atoms with Crippen molar-refractivity contribution < 1.29 is 24.1 Å². The number of anilines is 2. The van der Waals surface area contributed by atoms with Gasteiger partial charge in [-0.1, -0.05) is 12.1 Å². The Labute approximate surface area is 165 Å². The van der Waals surface area contributed by atoms with E-state index < -0.39 is 0 Å². The number of benzene rings is 2. The molecule has 0 radical (unpaired) electrons. The highest BCUT2D eigenvalue weighted by Crippen LogP contribution is 2.23. The van der Waals surface area contributed by atoms with Crippen LogP contribution in [-0.2, 0) is 4.79 Å². The molecule has 0 atom stereocenters. The summed E-state index contributed by atoms with van der Waals surface area (Å²) in [5.41, 5.74) is 1.82. The zero-order chi connectivity index (χ0) is 19.9. The van der Waals surface area contributed by atoms with Crippen molar-refractivity contribution in [1.29, 1.82) is 0 Å². The number of quaternary nitrogens is 2. The van der Waals surface area contributed by atoms with Gasteiger partial charge < -0.3 is 25.2 Å². The summed E-state index contributed by atoms with van der Waals surface area (Å²) in [4.78, 5) is 27.5. The van der Waals surface area contributed by atoms with E-state index in [1.54, 1.807) is 43.5 Å². The molecule has 3 rings (SSSR count). The van der Waals surface area contributed by atoms with Crippen LogP contribution >= 0.6 is 0 Å². The molecule has 0 saturated carbocycles. The number of ether oxygens (including phenoxy) is 1. The number of nitrogens with one attached hydrogen (secondary N) is 4. The second-order valence-corrected chi connectivity index (χ2v) is 7.16. The van der Waals surface area contributed by atoms with E-state index in [0.717, 1.165) is 26.2 Å². The summed E-state index contributed by atoms with van der Waals surface area (Å²) < 4.78 is 5.25. The van der Waals surface area contributed by atoms with Gasteiger partial charge in [-0.25, -0.2) is 0 Å². The zero-order valence-electron chi connectivity index (χ0n) is 16.4. The quantitative estimate of drug-likeness (QED) is 0.532. The average Bonchev–Trinajstić information content (AvgIpc) is 2.70. The van der Waals surface area contributed by atoms with Crippen molar-refractivity contribution >= 4 is 23.2 Å². The molecule has 28 heavy (non-hydrogen) atoms. The highest BCUT2D eigenvalue weighted by atomic mass is 16.5. The van der Waals surface area contributed by atoms with Gasteiger partial charge in [0.25, 0.3) is 11.8 Å². The number of carbonyl (C=O) groups excluding carboxylic acids is 2. The Bertz CT molecular complexity index is 815. The van der Waals surface area contributed by atoms with Gasteiger partial charge in [-0.2, -0.15) is 0 Å². The molecule has 2 aromatic carbocycles. The Balaban J connectivity index is 1.54. The fourth-order valence-electron chi connectivity index (χ4n) is 3.29. The molecule has 1 saturated heterocycles. The molecule has 0 bridgehead atoms. The van der Waals surface area contributed by atoms with Crippen molar-refractivity contribution in [2.45, 2.75) is 0 Å². The Morgan fingerprint density at radius 1 is 0.964 bits per heavy atom. The number of carbonyl (C=O) groups is 2. The van der Waals surface area contributed by atoms with Crippen molar-refractivity contribution in [2.75, 3.05) is 57.5 Å². The Kier molecular flexibility index (Phi) is 6.62. The van der Waals surface area contributed by atoms with Gasteiger partial charge in [0, 0.05) is 11.3 Å². The number of methoxy groups -OCH3 is 1. The van der Waals surface area contributed by atoms with Gasteiger partial charge in [-0.05, 0) is 36.4 Å². The second kappa shape index (κ2) is 9.34. The smallest absolute Gasteiger partial charge is 0.279 e. The van der Waals surface area contributed by atoms with E-state index in [-0.39, 0.29) is 11.8 Å². The maximum atomic E-state index is 12.4.